The maximum absolute atomic E-state index is 12.8. The predicted molar refractivity (Wildman–Crippen MR) is 123 cm³/mol. The molecular weight excluding hydrogens is 428 g/mol. The van der Waals surface area contributed by atoms with Crippen molar-refractivity contribution in [3.63, 3.8) is 0 Å². The molecule has 0 aromatic heterocycles. The maximum Gasteiger partial charge on any atom is 0.330 e. The molecule has 0 amide bonds. The number of methoxy groups -OCH3 is 1. The summed E-state index contributed by atoms with van der Waals surface area (Å²) in [6.45, 7) is 1.78. The zero-order chi connectivity index (χ0) is 24.4. The van der Waals surface area contributed by atoms with Crippen molar-refractivity contribution in [3.8, 4) is 23.0 Å². The zero-order valence-corrected chi connectivity index (χ0v) is 18.1. The van der Waals surface area contributed by atoms with Gasteiger partial charge in [0.15, 0.2) is 28.8 Å². The molecule has 4 N–H and O–H groups in total. The minimum absolute atomic E-state index is 0.0537. The summed E-state index contributed by atoms with van der Waals surface area (Å²) in [6, 6.07) is 8.54. The van der Waals surface area contributed by atoms with Crippen molar-refractivity contribution in [1.82, 2.24) is 0 Å². The number of benzene rings is 2. The Kier molecular flexibility index (Phi) is 8.87. The third-order valence-corrected chi connectivity index (χ3v) is 4.28. The fraction of sp³-hybridized carbons (Fsp3) is 0.120. The summed E-state index contributed by atoms with van der Waals surface area (Å²) in [5, 5.41) is 39.1. The van der Waals surface area contributed by atoms with Crippen LogP contribution in [0, 0.1) is 0 Å². The summed E-state index contributed by atoms with van der Waals surface area (Å²) in [4.78, 5) is 24.4. The van der Waals surface area contributed by atoms with Crippen LogP contribution in [0.3, 0.4) is 0 Å². The lowest BCUT2D eigenvalue weighted by atomic mass is 10.1. The first-order chi connectivity index (χ1) is 15.7. The van der Waals surface area contributed by atoms with Gasteiger partial charge in [-0.25, -0.2) is 4.79 Å². The van der Waals surface area contributed by atoms with Gasteiger partial charge >= 0.3 is 5.97 Å². The molecule has 172 valence electrons. The van der Waals surface area contributed by atoms with Crippen molar-refractivity contribution in [2.75, 3.05) is 13.7 Å². The number of hydrogen-bond donors (Lipinski definition) is 4. The molecule has 0 fully saturated rings. The number of rotatable bonds is 9. The normalized spacial score (nSPS) is 12.3. The van der Waals surface area contributed by atoms with Crippen LogP contribution in [0.4, 0.5) is 0 Å². The molecule has 0 bridgehead atoms. The first kappa shape index (κ1) is 24.8. The first-order valence-corrected chi connectivity index (χ1v) is 9.82. The number of hydrogen-bond acceptors (Lipinski definition) is 8. The number of ether oxygens (including phenoxy) is 2. The number of esters is 1. The Hall–Kier alpha value is -4.46. The summed E-state index contributed by atoms with van der Waals surface area (Å²) >= 11 is 0. The van der Waals surface area contributed by atoms with E-state index in [1.807, 2.05) is 0 Å². The van der Waals surface area contributed by atoms with Gasteiger partial charge in [-0.1, -0.05) is 24.3 Å². The van der Waals surface area contributed by atoms with Crippen molar-refractivity contribution >= 4 is 23.9 Å². The lowest BCUT2D eigenvalue weighted by molar-refractivity contribution is -0.137. The molecule has 2 rings (SSSR count). The van der Waals surface area contributed by atoms with E-state index < -0.39 is 17.5 Å². The van der Waals surface area contributed by atoms with Crippen molar-refractivity contribution in [3.05, 3.63) is 83.2 Å². The molecule has 0 radical (unpaired) electrons. The fourth-order valence-electron chi connectivity index (χ4n) is 2.60. The van der Waals surface area contributed by atoms with E-state index in [1.165, 1.54) is 61.7 Å². The van der Waals surface area contributed by atoms with E-state index in [0.717, 1.165) is 12.2 Å². The van der Waals surface area contributed by atoms with E-state index in [0.29, 0.717) is 11.1 Å². The number of carbonyl (C=O) groups is 2. The molecule has 33 heavy (non-hydrogen) atoms. The molecule has 8 nitrogen and oxygen atoms in total. The summed E-state index contributed by atoms with van der Waals surface area (Å²) in [5.74, 6) is -2.20. The van der Waals surface area contributed by atoms with E-state index in [-0.39, 0.29) is 35.2 Å². The number of allylic oxidation sites excluding steroid dienone is 4. The van der Waals surface area contributed by atoms with Gasteiger partial charge in [0.05, 0.1) is 19.3 Å². The molecule has 0 atom stereocenters. The molecule has 2 aromatic carbocycles. The number of carbonyl (C=O) groups excluding carboxylic acids is 2. The van der Waals surface area contributed by atoms with Crippen molar-refractivity contribution in [2.24, 2.45) is 0 Å². The van der Waals surface area contributed by atoms with Gasteiger partial charge in [-0.05, 0) is 60.5 Å². The molecule has 0 spiro atoms. The van der Waals surface area contributed by atoms with Gasteiger partial charge in [0.25, 0.3) is 0 Å². The van der Waals surface area contributed by atoms with E-state index in [9.17, 15) is 30.0 Å². The minimum atomic E-state index is -0.685. The highest BCUT2D eigenvalue weighted by molar-refractivity contribution is 6.09. The van der Waals surface area contributed by atoms with Gasteiger partial charge in [-0.3, -0.25) is 4.79 Å². The highest BCUT2D eigenvalue weighted by Gasteiger charge is 2.10. The highest BCUT2D eigenvalue weighted by Crippen LogP contribution is 2.27. The van der Waals surface area contributed by atoms with E-state index in [4.69, 9.17) is 9.47 Å². The summed E-state index contributed by atoms with van der Waals surface area (Å²) < 4.78 is 9.84. The van der Waals surface area contributed by atoms with E-state index >= 15 is 0 Å². The summed E-state index contributed by atoms with van der Waals surface area (Å²) in [5.41, 5.74) is 0.815. The molecule has 0 aliphatic heterocycles. The van der Waals surface area contributed by atoms with Crippen LogP contribution >= 0.6 is 0 Å². The maximum atomic E-state index is 12.8. The predicted octanol–water partition coefficient (Wildman–Crippen LogP) is 4.04. The second-order valence-electron chi connectivity index (χ2n) is 6.59. The van der Waals surface area contributed by atoms with Crippen molar-refractivity contribution in [1.29, 1.82) is 0 Å². The number of ketones is 1. The topological polar surface area (TPSA) is 134 Å². The molecule has 0 saturated carbocycles. The van der Waals surface area contributed by atoms with Crippen LogP contribution in [-0.2, 0) is 14.3 Å². The standard InChI is InChI=1S/C25H24O8/c1-3-33-25(31)13-8-18(19(26)9-4-16-6-11-21(28)23(30)14-16)20(27)10-5-17-7-12-22(29)24(15-17)32-2/h4-15,26,28-30H,3H2,1-2H3/b9-4+,10-5+,13-8+,19-18-. The van der Waals surface area contributed by atoms with Gasteiger partial charge in [0.1, 0.15) is 5.76 Å². The molecule has 0 aliphatic rings. The molecule has 0 aliphatic carbocycles. The molecule has 0 heterocycles. The Morgan fingerprint density at radius 1 is 0.848 bits per heavy atom. The average molecular weight is 452 g/mol. The van der Waals surface area contributed by atoms with E-state index in [2.05, 4.69) is 0 Å². The average Bonchev–Trinajstić information content (AvgIpc) is 2.79. The molecule has 0 unspecified atom stereocenters. The summed E-state index contributed by atoms with van der Waals surface area (Å²) in [6.07, 6.45) is 7.42. The Balaban J connectivity index is 2.36. The van der Waals surface area contributed by atoms with Gasteiger partial charge in [0.2, 0.25) is 0 Å². The Morgan fingerprint density at radius 2 is 1.48 bits per heavy atom. The molecule has 8 heteroatoms. The molecule has 0 saturated heterocycles. The number of phenols is 3. The van der Waals surface area contributed by atoms with E-state index in [1.54, 1.807) is 13.0 Å². The second kappa shape index (κ2) is 11.8. The van der Waals surface area contributed by atoms with Gasteiger partial charge in [-0.2, -0.15) is 0 Å². The third kappa shape index (κ3) is 7.32. The number of aliphatic hydroxyl groups excluding tert-OH is 1. The smallest absolute Gasteiger partial charge is 0.330 e. The Labute approximate surface area is 190 Å². The van der Waals surface area contributed by atoms with Crippen LogP contribution in [0.1, 0.15) is 18.1 Å². The SMILES string of the molecule is CCOC(=O)/C=C/C(C(=O)/C=C/c1ccc(O)c(OC)c1)=C(O)\C=C\c1ccc(O)c(O)c1. The lowest BCUT2D eigenvalue weighted by Gasteiger charge is -2.04. The lowest BCUT2D eigenvalue weighted by Crippen LogP contribution is -2.03. The monoisotopic (exact) mass is 452 g/mol. The molecule has 2 aromatic rings. The first-order valence-electron chi connectivity index (χ1n) is 9.82. The van der Waals surface area contributed by atoms with Crippen LogP contribution in [0.25, 0.3) is 12.2 Å². The Bertz CT molecular complexity index is 1140. The van der Waals surface area contributed by atoms with Crippen LogP contribution in [-0.4, -0.2) is 45.9 Å². The second-order valence-corrected chi connectivity index (χ2v) is 6.59. The van der Waals surface area contributed by atoms with Crippen LogP contribution in [0.15, 0.2) is 72.0 Å². The third-order valence-electron chi connectivity index (χ3n) is 4.28. The van der Waals surface area contributed by atoms with Crippen LogP contribution in [0.5, 0.6) is 23.0 Å². The number of phenolic OH excluding ortho intramolecular Hbond substituents is 3. The van der Waals surface area contributed by atoms with Crippen molar-refractivity contribution in [2.45, 2.75) is 6.92 Å². The van der Waals surface area contributed by atoms with Gasteiger partial charge in [-0.15, -0.1) is 0 Å². The van der Waals surface area contributed by atoms with Crippen LogP contribution < -0.4 is 4.74 Å². The Morgan fingerprint density at radius 3 is 2.12 bits per heavy atom. The molecular formula is C25H24O8. The highest BCUT2D eigenvalue weighted by atomic mass is 16.5. The fourth-order valence-corrected chi connectivity index (χ4v) is 2.60. The van der Waals surface area contributed by atoms with Gasteiger partial charge in [0, 0.05) is 6.08 Å². The quantitative estimate of drug-likeness (QED) is 0.147. The minimum Gasteiger partial charge on any atom is -0.507 e. The van der Waals surface area contributed by atoms with Crippen LogP contribution in [0.2, 0.25) is 0 Å². The van der Waals surface area contributed by atoms with Crippen molar-refractivity contribution < 1.29 is 39.5 Å². The number of aromatic hydroxyl groups is 3. The largest absolute Gasteiger partial charge is 0.507 e. The van der Waals surface area contributed by atoms with Gasteiger partial charge < -0.3 is 29.9 Å². The zero-order valence-electron chi connectivity index (χ0n) is 18.1. The number of aliphatic hydroxyl groups is 1. The summed E-state index contributed by atoms with van der Waals surface area (Å²) in [7, 11) is 1.40.